The fraction of sp³-hybridized carbons (Fsp3) is 0.800. The standard InChI is InChI=1S/C10H18O2/c1-8(2)6-9-7-10(3,11)4-5-12-9/h6,9,11H,4-5,7H2,1-3H3. The lowest BCUT2D eigenvalue weighted by Crippen LogP contribution is -2.37. The van der Waals surface area contributed by atoms with Gasteiger partial charge in [0.1, 0.15) is 0 Å². The smallest absolute Gasteiger partial charge is 0.0785 e. The maximum Gasteiger partial charge on any atom is 0.0785 e. The maximum atomic E-state index is 9.75. The largest absolute Gasteiger partial charge is 0.390 e. The summed E-state index contributed by atoms with van der Waals surface area (Å²) in [5.41, 5.74) is 0.715. The van der Waals surface area contributed by atoms with Gasteiger partial charge in [0.2, 0.25) is 0 Å². The molecule has 0 aromatic heterocycles. The van der Waals surface area contributed by atoms with Gasteiger partial charge in [-0.3, -0.25) is 0 Å². The predicted octanol–water partition coefficient (Wildman–Crippen LogP) is 1.88. The molecule has 1 rings (SSSR count). The summed E-state index contributed by atoms with van der Waals surface area (Å²) in [6.45, 7) is 6.64. The van der Waals surface area contributed by atoms with Gasteiger partial charge in [0.15, 0.2) is 0 Å². The molecule has 2 atom stereocenters. The van der Waals surface area contributed by atoms with E-state index in [0.717, 1.165) is 12.8 Å². The molecular formula is C10H18O2. The van der Waals surface area contributed by atoms with Gasteiger partial charge in [-0.05, 0) is 27.2 Å². The number of ether oxygens (including phenoxy) is 1. The molecule has 0 aromatic rings. The summed E-state index contributed by atoms with van der Waals surface area (Å²) in [5, 5.41) is 9.75. The molecule has 1 N–H and O–H groups in total. The van der Waals surface area contributed by atoms with E-state index in [9.17, 15) is 5.11 Å². The third kappa shape index (κ3) is 2.95. The molecule has 0 aromatic carbocycles. The predicted molar refractivity (Wildman–Crippen MR) is 49.0 cm³/mol. The van der Waals surface area contributed by atoms with E-state index in [0.29, 0.717) is 6.61 Å². The number of hydrogen-bond donors (Lipinski definition) is 1. The van der Waals surface area contributed by atoms with Crippen LogP contribution in [0.2, 0.25) is 0 Å². The van der Waals surface area contributed by atoms with Gasteiger partial charge in [-0.1, -0.05) is 11.6 Å². The molecule has 1 saturated heterocycles. The topological polar surface area (TPSA) is 29.5 Å². The molecule has 1 aliphatic heterocycles. The monoisotopic (exact) mass is 170 g/mol. The first-order valence-electron chi connectivity index (χ1n) is 4.49. The SMILES string of the molecule is CC(C)=CC1CC(C)(O)CCO1. The Labute approximate surface area is 74.2 Å². The van der Waals surface area contributed by atoms with E-state index in [1.807, 2.05) is 20.8 Å². The van der Waals surface area contributed by atoms with Gasteiger partial charge in [-0.15, -0.1) is 0 Å². The first kappa shape index (κ1) is 9.75. The third-order valence-electron chi connectivity index (χ3n) is 2.13. The van der Waals surface area contributed by atoms with Crippen LogP contribution < -0.4 is 0 Å². The van der Waals surface area contributed by atoms with E-state index in [1.54, 1.807) is 0 Å². The van der Waals surface area contributed by atoms with Gasteiger partial charge in [-0.25, -0.2) is 0 Å². The van der Waals surface area contributed by atoms with Crippen molar-refractivity contribution in [3.63, 3.8) is 0 Å². The molecule has 1 aliphatic rings. The zero-order valence-electron chi connectivity index (χ0n) is 8.13. The minimum Gasteiger partial charge on any atom is -0.390 e. The molecule has 0 aliphatic carbocycles. The Hall–Kier alpha value is -0.340. The van der Waals surface area contributed by atoms with E-state index in [4.69, 9.17) is 4.74 Å². The Morgan fingerprint density at radius 2 is 2.25 bits per heavy atom. The van der Waals surface area contributed by atoms with Crippen LogP contribution >= 0.6 is 0 Å². The summed E-state index contributed by atoms with van der Waals surface area (Å²) in [6.07, 6.45) is 3.66. The molecule has 2 nitrogen and oxygen atoms in total. The molecular weight excluding hydrogens is 152 g/mol. The number of aliphatic hydroxyl groups is 1. The molecule has 0 saturated carbocycles. The van der Waals surface area contributed by atoms with E-state index < -0.39 is 5.60 Å². The fourth-order valence-corrected chi connectivity index (χ4v) is 1.50. The van der Waals surface area contributed by atoms with Gasteiger partial charge in [0, 0.05) is 6.42 Å². The van der Waals surface area contributed by atoms with Crippen molar-refractivity contribution >= 4 is 0 Å². The maximum absolute atomic E-state index is 9.75. The normalized spacial score (nSPS) is 36.2. The summed E-state index contributed by atoms with van der Waals surface area (Å²) >= 11 is 0. The van der Waals surface area contributed by atoms with Crippen LogP contribution in [-0.2, 0) is 4.74 Å². The Balaban J connectivity index is 2.52. The van der Waals surface area contributed by atoms with Gasteiger partial charge in [0.05, 0.1) is 18.3 Å². The zero-order chi connectivity index (χ0) is 9.19. The Morgan fingerprint density at radius 1 is 1.58 bits per heavy atom. The van der Waals surface area contributed by atoms with Crippen LogP contribution in [0.1, 0.15) is 33.6 Å². The van der Waals surface area contributed by atoms with Crippen LogP contribution in [-0.4, -0.2) is 23.4 Å². The van der Waals surface area contributed by atoms with Gasteiger partial charge in [0.25, 0.3) is 0 Å². The lowest BCUT2D eigenvalue weighted by Gasteiger charge is -2.32. The van der Waals surface area contributed by atoms with Gasteiger partial charge >= 0.3 is 0 Å². The molecule has 0 amide bonds. The second-order valence-electron chi connectivity index (χ2n) is 4.10. The minimum absolute atomic E-state index is 0.110. The van der Waals surface area contributed by atoms with E-state index in [1.165, 1.54) is 5.57 Å². The number of rotatable bonds is 1. The van der Waals surface area contributed by atoms with E-state index in [2.05, 4.69) is 6.08 Å². The first-order chi connectivity index (χ1) is 5.49. The lowest BCUT2D eigenvalue weighted by atomic mass is 9.92. The zero-order valence-corrected chi connectivity index (χ0v) is 8.13. The Bertz CT molecular complexity index is 178. The van der Waals surface area contributed by atoms with Crippen molar-refractivity contribution in [2.45, 2.75) is 45.3 Å². The summed E-state index contributed by atoms with van der Waals surface area (Å²) in [4.78, 5) is 0. The van der Waals surface area contributed by atoms with Crippen LogP contribution in [0.3, 0.4) is 0 Å². The van der Waals surface area contributed by atoms with Crippen LogP contribution in [0.15, 0.2) is 11.6 Å². The highest BCUT2D eigenvalue weighted by Crippen LogP contribution is 2.25. The summed E-state index contributed by atoms with van der Waals surface area (Å²) in [5.74, 6) is 0. The quantitative estimate of drug-likeness (QED) is 0.609. The molecule has 2 heteroatoms. The van der Waals surface area contributed by atoms with Crippen LogP contribution in [0, 0.1) is 0 Å². The van der Waals surface area contributed by atoms with Crippen molar-refractivity contribution in [1.29, 1.82) is 0 Å². The molecule has 2 unspecified atom stereocenters. The number of hydrogen-bond acceptors (Lipinski definition) is 2. The second kappa shape index (κ2) is 3.58. The van der Waals surface area contributed by atoms with Crippen LogP contribution in [0.25, 0.3) is 0 Å². The van der Waals surface area contributed by atoms with E-state index in [-0.39, 0.29) is 6.10 Å². The van der Waals surface area contributed by atoms with Crippen molar-refractivity contribution < 1.29 is 9.84 Å². The number of allylic oxidation sites excluding steroid dienone is 1. The molecule has 0 radical (unpaired) electrons. The van der Waals surface area contributed by atoms with Crippen molar-refractivity contribution in [1.82, 2.24) is 0 Å². The summed E-state index contributed by atoms with van der Waals surface area (Å²) < 4.78 is 5.49. The Morgan fingerprint density at radius 3 is 2.75 bits per heavy atom. The fourth-order valence-electron chi connectivity index (χ4n) is 1.50. The van der Waals surface area contributed by atoms with Crippen molar-refractivity contribution in [3.05, 3.63) is 11.6 Å². The lowest BCUT2D eigenvalue weighted by molar-refractivity contribution is -0.0769. The molecule has 1 heterocycles. The average molecular weight is 170 g/mol. The average Bonchev–Trinajstić information content (AvgIpc) is 1.82. The van der Waals surface area contributed by atoms with Crippen LogP contribution in [0.5, 0.6) is 0 Å². The highest BCUT2D eigenvalue weighted by atomic mass is 16.5. The molecule has 70 valence electrons. The minimum atomic E-state index is -0.533. The van der Waals surface area contributed by atoms with Crippen LogP contribution in [0.4, 0.5) is 0 Å². The Kier molecular flexibility index (Phi) is 2.91. The van der Waals surface area contributed by atoms with Crippen molar-refractivity contribution in [3.8, 4) is 0 Å². The second-order valence-corrected chi connectivity index (χ2v) is 4.10. The van der Waals surface area contributed by atoms with E-state index >= 15 is 0 Å². The molecule has 12 heavy (non-hydrogen) atoms. The third-order valence-corrected chi connectivity index (χ3v) is 2.13. The molecule has 1 fully saturated rings. The molecule has 0 spiro atoms. The highest BCUT2D eigenvalue weighted by Gasteiger charge is 2.29. The first-order valence-corrected chi connectivity index (χ1v) is 4.49. The summed E-state index contributed by atoms with van der Waals surface area (Å²) in [7, 11) is 0. The van der Waals surface area contributed by atoms with Gasteiger partial charge < -0.3 is 9.84 Å². The molecule has 0 bridgehead atoms. The highest BCUT2D eigenvalue weighted by molar-refractivity contribution is 5.01. The van der Waals surface area contributed by atoms with Crippen molar-refractivity contribution in [2.75, 3.05) is 6.61 Å². The van der Waals surface area contributed by atoms with Crippen molar-refractivity contribution in [2.24, 2.45) is 0 Å². The summed E-state index contributed by atoms with van der Waals surface area (Å²) in [6, 6.07) is 0. The van der Waals surface area contributed by atoms with Gasteiger partial charge in [-0.2, -0.15) is 0 Å².